The first-order chi connectivity index (χ1) is 14.0. The van der Waals surface area contributed by atoms with Gasteiger partial charge in [-0.3, -0.25) is 25.7 Å². The summed E-state index contributed by atoms with van der Waals surface area (Å²) in [4.78, 5) is 21.9. The minimum Gasteiger partial charge on any atom is -0.272 e. The summed E-state index contributed by atoms with van der Waals surface area (Å²) < 4.78 is 0. The van der Waals surface area contributed by atoms with E-state index < -0.39 is 15.5 Å². The van der Waals surface area contributed by atoms with Gasteiger partial charge in [0.05, 0.1) is 21.6 Å². The molecular formula is C17H14N8O4. The number of allylic oxidation sites excluding steroid dienone is 1. The SMILES string of the molecule is Cc1nnn(C(=CC=NNc2ccc([N+](=O)[O-])cc2[N+](=O)[O-])c2ccccc2)n1. The van der Waals surface area contributed by atoms with Crippen LogP contribution in [0.3, 0.4) is 0 Å². The van der Waals surface area contributed by atoms with Gasteiger partial charge in [-0.05, 0) is 24.3 Å². The van der Waals surface area contributed by atoms with Crippen LogP contribution in [0.15, 0.2) is 59.7 Å². The highest BCUT2D eigenvalue weighted by Gasteiger charge is 2.19. The van der Waals surface area contributed by atoms with Crippen LogP contribution >= 0.6 is 0 Å². The summed E-state index contributed by atoms with van der Waals surface area (Å²) in [7, 11) is 0. The lowest BCUT2D eigenvalue weighted by molar-refractivity contribution is -0.393. The van der Waals surface area contributed by atoms with Gasteiger partial charge in [0, 0.05) is 17.8 Å². The number of hydrazone groups is 1. The van der Waals surface area contributed by atoms with Crippen molar-refractivity contribution < 1.29 is 9.85 Å². The van der Waals surface area contributed by atoms with E-state index in [1.165, 1.54) is 17.1 Å². The summed E-state index contributed by atoms with van der Waals surface area (Å²) in [6, 6.07) is 12.5. The number of benzene rings is 2. The third kappa shape index (κ3) is 4.63. The van der Waals surface area contributed by atoms with Crippen molar-refractivity contribution in [3.05, 3.63) is 86.2 Å². The second-order valence-electron chi connectivity index (χ2n) is 5.65. The molecule has 0 atom stereocenters. The third-order valence-corrected chi connectivity index (χ3v) is 3.68. The zero-order valence-corrected chi connectivity index (χ0v) is 15.0. The zero-order chi connectivity index (χ0) is 20.8. The lowest BCUT2D eigenvalue weighted by Crippen LogP contribution is -2.04. The monoisotopic (exact) mass is 394 g/mol. The lowest BCUT2D eigenvalue weighted by atomic mass is 10.1. The number of nitrogens with zero attached hydrogens (tertiary/aromatic N) is 7. The van der Waals surface area contributed by atoms with Crippen molar-refractivity contribution in [3.63, 3.8) is 0 Å². The minimum atomic E-state index is -0.724. The van der Waals surface area contributed by atoms with E-state index in [2.05, 4.69) is 25.9 Å². The summed E-state index contributed by atoms with van der Waals surface area (Å²) >= 11 is 0. The Morgan fingerprint density at radius 3 is 2.52 bits per heavy atom. The Kier molecular flexibility index (Phi) is 5.64. The molecule has 1 heterocycles. The zero-order valence-electron chi connectivity index (χ0n) is 15.0. The lowest BCUT2D eigenvalue weighted by Gasteiger charge is -2.04. The Bertz CT molecular complexity index is 1110. The first kappa shape index (κ1) is 19.3. The van der Waals surface area contributed by atoms with Crippen molar-refractivity contribution in [1.82, 2.24) is 20.2 Å². The van der Waals surface area contributed by atoms with Gasteiger partial charge in [0.2, 0.25) is 0 Å². The van der Waals surface area contributed by atoms with Gasteiger partial charge in [-0.15, -0.1) is 15.0 Å². The number of rotatable bonds is 7. The van der Waals surface area contributed by atoms with Gasteiger partial charge in [-0.25, -0.2) is 0 Å². The van der Waals surface area contributed by atoms with Crippen LogP contribution in [0, 0.1) is 27.2 Å². The predicted octanol–water partition coefficient (Wildman–Crippen LogP) is 2.79. The quantitative estimate of drug-likeness (QED) is 0.364. The van der Waals surface area contributed by atoms with Crippen LogP contribution in [0.5, 0.6) is 0 Å². The highest BCUT2D eigenvalue weighted by Crippen LogP contribution is 2.28. The summed E-state index contributed by atoms with van der Waals surface area (Å²) in [6.45, 7) is 1.70. The molecule has 29 heavy (non-hydrogen) atoms. The van der Waals surface area contributed by atoms with Crippen molar-refractivity contribution in [2.24, 2.45) is 5.10 Å². The molecule has 12 heteroatoms. The fourth-order valence-corrected chi connectivity index (χ4v) is 2.37. The van der Waals surface area contributed by atoms with Crippen LogP contribution in [0.25, 0.3) is 5.70 Å². The molecule has 1 aromatic heterocycles. The van der Waals surface area contributed by atoms with E-state index >= 15 is 0 Å². The number of nitro benzene ring substituents is 2. The number of nitro groups is 2. The van der Waals surface area contributed by atoms with Crippen LogP contribution in [-0.4, -0.2) is 36.3 Å². The van der Waals surface area contributed by atoms with Crippen molar-refractivity contribution in [3.8, 4) is 0 Å². The van der Waals surface area contributed by atoms with E-state index in [1.54, 1.807) is 13.0 Å². The standard InChI is InChI=1S/C17H14N8O4/c1-12-19-22-23(21-12)16(13-5-3-2-4-6-13)9-10-18-20-15-8-7-14(24(26)27)11-17(15)25(28)29/h2-11,20H,1H3. The molecule has 0 saturated carbocycles. The Labute approximate surface area is 163 Å². The van der Waals surface area contributed by atoms with Crippen molar-refractivity contribution in [1.29, 1.82) is 0 Å². The van der Waals surface area contributed by atoms with Gasteiger partial charge in [0.1, 0.15) is 5.69 Å². The summed E-state index contributed by atoms with van der Waals surface area (Å²) in [5.41, 5.74) is 3.07. The van der Waals surface area contributed by atoms with E-state index in [-0.39, 0.29) is 11.4 Å². The molecule has 0 fully saturated rings. The van der Waals surface area contributed by atoms with Crippen LogP contribution in [-0.2, 0) is 0 Å². The Balaban J connectivity index is 1.87. The van der Waals surface area contributed by atoms with Gasteiger partial charge in [0.15, 0.2) is 5.82 Å². The molecular weight excluding hydrogens is 380 g/mol. The molecule has 0 radical (unpaired) electrons. The van der Waals surface area contributed by atoms with Crippen LogP contribution in [0.4, 0.5) is 17.1 Å². The Morgan fingerprint density at radius 1 is 1.14 bits per heavy atom. The number of tetrazole rings is 1. The van der Waals surface area contributed by atoms with E-state index in [9.17, 15) is 20.2 Å². The molecule has 0 aliphatic carbocycles. The fourth-order valence-electron chi connectivity index (χ4n) is 2.37. The highest BCUT2D eigenvalue weighted by molar-refractivity contribution is 5.84. The Hall–Kier alpha value is -4.48. The van der Waals surface area contributed by atoms with Gasteiger partial charge in [0.25, 0.3) is 5.69 Å². The molecule has 0 aliphatic rings. The molecule has 2 aromatic carbocycles. The number of anilines is 1. The minimum absolute atomic E-state index is 0.0150. The normalized spacial score (nSPS) is 11.6. The molecule has 0 saturated heterocycles. The number of non-ortho nitro benzene ring substituents is 1. The molecule has 3 aromatic rings. The summed E-state index contributed by atoms with van der Waals surface area (Å²) in [5.74, 6) is 0.489. The topological polar surface area (TPSA) is 154 Å². The average molecular weight is 394 g/mol. The van der Waals surface area contributed by atoms with Crippen molar-refractivity contribution >= 4 is 29.0 Å². The molecule has 0 amide bonds. The summed E-state index contributed by atoms with van der Waals surface area (Å²) in [5, 5.41) is 37.9. The summed E-state index contributed by atoms with van der Waals surface area (Å²) in [6.07, 6.45) is 2.97. The molecule has 12 nitrogen and oxygen atoms in total. The van der Waals surface area contributed by atoms with E-state index in [1.807, 2.05) is 30.3 Å². The van der Waals surface area contributed by atoms with Crippen LogP contribution in [0.1, 0.15) is 11.4 Å². The first-order valence-electron chi connectivity index (χ1n) is 8.20. The van der Waals surface area contributed by atoms with E-state index in [0.29, 0.717) is 11.5 Å². The smallest absolute Gasteiger partial charge is 0.272 e. The first-order valence-corrected chi connectivity index (χ1v) is 8.20. The van der Waals surface area contributed by atoms with Gasteiger partial charge in [-0.2, -0.15) is 5.10 Å². The maximum Gasteiger partial charge on any atom is 0.301 e. The molecule has 0 aliphatic heterocycles. The van der Waals surface area contributed by atoms with Crippen LogP contribution in [0.2, 0.25) is 0 Å². The van der Waals surface area contributed by atoms with Crippen LogP contribution < -0.4 is 5.43 Å². The second-order valence-corrected chi connectivity index (χ2v) is 5.65. The highest BCUT2D eigenvalue weighted by atomic mass is 16.6. The average Bonchev–Trinajstić information content (AvgIpc) is 3.14. The number of hydrogen-bond acceptors (Lipinski definition) is 9. The molecule has 3 rings (SSSR count). The largest absolute Gasteiger partial charge is 0.301 e. The number of nitrogens with one attached hydrogen (secondary N) is 1. The Morgan fingerprint density at radius 2 is 1.90 bits per heavy atom. The maximum atomic E-state index is 11.2. The number of aryl methyl sites for hydroxylation is 1. The molecule has 146 valence electrons. The van der Waals surface area contributed by atoms with E-state index in [0.717, 1.165) is 17.7 Å². The predicted molar refractivity (Wildman–Crippen MR) is 104 cm³/mol. The third-order valence-electron chi connectivity index (χ3n) is 3.68. The molecule has 0 spiro atoms. The number of aromatic nitrogens is 4. The second kappa shape index (κ2) is 8.47. The van der Waals surface area contributed by atoms with E-state index in [4.69, 9.17) is 0 Å². The molecule has 1 N–H and O–H groups in total. The van der Waals surface area contributed by atoms with Gasteiger partial charge < -0.3 is 0 Å². The maximum absolute atomic E-state index is 11.2. The van der Waals surface area contributed by atoms with Gasteiger partial charge >= 0.3 is 5.69 Å². The fraction of sp³-hybridized carbons (Fsp3) is 0.0588. The number of hydrogen-bond donors (Lipinski definition) is 1. The van der Waals surface area contributed by atoms with Crippen molar-refractivity contribution in [2.45, 2.75) is 6.92 Å². The van der Waals surface area contributed by atoms with Crippen molar-refractivity contribution in [2.75, 3.05) is 5.43 Å². The van der Waals surface area contributed by atoms with Gasteiger partial charge in [-0.1, -0.05) is 30.3 Å². The molecule has 0 unspecified atom stereocenters. The molecule has 0 bridgehead atoms.